The summed E-state index contributed by atoms with van der Waals surface area (Å²) in [6.45, 7) is 31.2. The van der Waals surface area contributed by atoms with Crippen molar-refractivity contribution in [3.8, 4) is 5.69 Å². The number of para-hydroxylation sites is 2. The highest BCUT2D eigenvalue weighted by Crippen LogP contribution is 2.75. The van der Waals surface area contributed by atoms with Gasteiger partial charge in [-0.2, -0.15) is 10.0 Å². The summed E-state index contributed by atoms with van der Waals surface area (Å²) in [6, 6.07) is 25.2. The Bertz CT molecular complexity index is 2410. The Balaban J connectivity index is 1.47. The van der Waals surface area contributed by atoms with Gasteiger partial charge in [-0.15, -0.1) is 0 Å². The molecule has 1 aliphatic heterocycles. The van der Waals surface area contributed by atoms with Gasteiger partial charge in [0.1, 0.15) is 0 Å². The molecule has 4 heteroatoms. The molecule has 3 aromatic carbocycles. The third-order valence-corrected chi connectivity index (χ3v) is 17.7. The monoisotopic (exact) mass is 790 g/mol. The van der Waals surface area contributed by atoms with Gasteiger partial charge < -0.3 is 14.4 Å². The molecule has 3 nitrogen and oxygen atoms in total. The van der Waals surface area contributed by atoms with Crippen molar-refractivity contribution in [1.82, 2.24) is 4.57 Å². The summed E-state index contributed by atoms with van der Waals surface area (Å²) in [7, 11) is -1.71. The molecule has 58 heavy (non-hydrogen) atoms. The maximum absolute atomic E-state index is 4.95. The average molecular weight is 790 g/mol. The Morgan fingerprint density at radius 3 is 2.38 bits per heavy atom. The Morgan fingerprint density at radius 2 is 1.67 bits per heavy atom. The van der Waals surface area contributed by atoms with Crippen molar-refractivity contribution in [1.29, 1.82) is 0 Å². The highest BCUT2D eigenvalue weighted by molar-refractivity contribution is 8.40. The minimum absolute atomic E-state index is 0.449. The molecule has 1 aromatic heterocycles. The van der Waals surface area contributed by atoms with Crippen molar-refractivity contribution < 1.29 is 0 Å². The molecule has 0 saturated carbocycles. The van der Waals surface area contributed by atoms with E-state index in [4.69, 9.17) is 6.58 Å². The molecule has 3 aliphatic rings. The Kier molecular flexibility index (Phi) is 12.1. The van der Waals surface area contributed by atoms with Gasteiger partial charge in [0.25, 0.3) is 0 Å². The van der Waals surface area contributed by atoms with Crippen molar-refractivity contribution in [3.05, 3.63) is 165 Å². The van der Waals surface area contributed by atoms with E-state index in [1.807, 2.05) is 0 Å². The molecule has 4 unspecified atom stereocenters. The molecule has 2 aliphatic carbocycles. The van der Waals surface area contributed by atoms with Crippen LogP contribution in [0.25, 0.3) is 16.6 Å². The van der Waals surface area contributed by atoms with Crippen molar-refractivity contribution >= 4 is 32.3 Å². The van der Waals surface area contributed by atoms with Crippen LogP contribution in [0.5, 0.6) is 0 Å². The van der Waals surface area contributed by atoms with Gasteiger partial charge >= 0.3 is 0 Å². The summed E-state index contributed by atoms with van der Waals surface area (Å²) < 4.78 is 2.49. The summed E-state index contributed by atoms with van der Waals surface area (Å²) in [6.07, 6.45) is 19.8. The molecule has 0 amide bonds. The van der Waals surface area contributed by atoms with E-state index in [1.54, 1.807) is 4.91 Å². The molecule has 7 rings (SSSR count). The first-order valence-corrected chi connectivity index (χ1v) is 23.5. The lowest BCUT2D eigenvalue weighted by Crippen LogP contribution is -2.31. The van der Waals surface area contributed by atoms with Gasteiger partial charge in [-0.05, 0) is 141 Å². The molecule has 304 valence electrons. The van der Waals surface area contributed by atoms with E-state index < -0.39 is 10.0 Å². The van der Waals surface area contributed by atoms with Crippen LogP contribution < -0.4 is 9.80 Å². The van der Waals surface area contributed by atoms with E-state index in [9.17, 15) is 0 Å². The number of fused-ring (bicyclic) bond motifs is 2. The van der Waals surface area contributed by atoms with Gasteiger partial charge in [0.05, 0.1) is 11.2 Å². The number of aromatic nitrogens is 1. The highest BCUT2D eigenvalue weighted by atomic mass is 32.3. The van der Waals surface area contributed by atoms with Crippen LogP contribution in [0, 0.1) is 44.4 Å². The Hall–Kier alpha value is -4.67. The fourth-order valence-corrected chi connectivity index (χ4v) is 13.5. The molecule has 0 bridgehead atoms. The highest BCUT2D eigenvalue weighted by Gasteiger charge is 2.43. The smallest absolute Gasteiger partial charge is 0.0587 e. The van der Waals surface area contributed by atoms with Gasteiger partial charge in [-0.1, -0.05) is 114 Å². The quantitative estimate of drug-likeness (QED) is 0.140. The molecule has 0 radical (unpaired) electrons. The lowest BCUT2D eigenvalue weighted by Gasteiger charge is -2.51. The normalized spacial score (nSPS) is 22.7. The molecule has 0 N–H and O–H groups in total. The van der Waals surface area contributed by atoms with Crippen LogP contribution in [0.3, 0.4) is 0 Å². The summed E-state index contributed by atoms with van der Waals surface area (Å²) >= 11 is 0. The van der Waals surface area contributed by atoms with E-state index in [-0.39, 0.29) is 0 Å². The second kappa shape index (κ2) is 16.9. The Labute approximate surface area is 352 Å². The third kappa shape index (κ3) is 7.31. The lowest BCUT2D eigenvalue weighted by molar-refractivity contribution is 0.503. The predicted molar refractivity (Wildman–Crippen MR) is 256 cm³/mol. The first kappa shape index (κ1) is 41.5. The average Bonchev–Trinajstić information content (AvgIpc) is 3.33. The van der Waals surface area contributed by atoms with Crippen LogP contribution in [0.2, 0.25) is 0 Å². The van der Waals surface area contributed by atoms with Crippen LogP contribution in [0.4, 0.5) is 11.4 Å². The minimum Gasteiger partial charge on any atom is -0.341 e. The van der Waals surface area contributed by atoms with Crippen molar-refractivity contribution in [2.24, 2.45) is 23.7 Å². The van der Waals surface area contributed by atoms with Gasteiger partial charge in [0, 0.05) is 63.2 Å². The van der Waals surface area contributed by atoms with Crippen molar-refractivity contribution in [2.75, 3.05) is 22.1 Å². The van der Waals surface area contributed by atoms with Crippen molar-refractivity contribution in [3.63, 3.8) is 0 Å². The number of aryl methyl sites for hydroxylation is 2. The van der Waals surface area contributed by atoms with Crippen LogP contribution in [-0.4, -0.2) is 16.9 Å². The first-order valence-electron chi connectivity index (χ1n) is 21.7. The van der Waals surface area contributed by atoms with E-state index in [0.717, 1.165) is 31.6 Å². The maximum atomic E-state index is 4.95. The number of nitrogens with zero attached hydrogens (tertiary/aromatic N) is 3. The summed E-state index contributed by atoms with van der Waals surface area (Å²) in [5, 5.41) is 1.32. The summed E-state index contributed by atoms with van der Waals surface area (Å²) in [5.41, 5.74) is 14.8. The van der Waals surface area contributed by atoms with Gasteiger partial charge in [-0.25, -0.2) is 0 Å². The SMILES string of the molecule is C=C(C)S1(CC=CC)C2=C(CCC(N(CC=CC(C)C(C)C)c3ccccc3C)=C(C)C2)N(C2=CC(C)C(C)C=C2)c2ccc(-n3c(C)c(C)c4ccccc43)cc21. The van der Waals surface area contributed by atoms with E-state index in [0.29, 0.717) is 23.7 Å². The van der Waals surface area contributed by atoms with Crippen LogP contribution in [0.15, 0.2) is 153 Å². The molecule has 0 saturated heterocycles. The number of hydrogen-bond donors (Lipinski definition) is 0. The van der Waals surface area contributed by atoms with Gasteiger partial charge in [0.15, 0.2) is 0 Å². The standard InChI is InChI=1S/C54H67N3S/c1-13-14-32-58(37(4)5)53-34-42(10)49(55(31-19-21-38(6)36(2)3)48-23-17-15-20-40(48)8)29-30-52(53)57(45-26-25-39(7)41(9)33-45)51-28-27-46(35-54(51)58)56-44(12)43(11)47-22-16-18-24-50(47)56/h13-28,33,35-36,38-39,41H,4,29-32,34H2,1-3,5-12H3. The number of anilines is 2. The molecule has 4 atom stereocenters. The molecule has 4 aromatic rings. The second-order valence-electron chi connectivity index (χ2n) is 17.6. The maximum Gasteiger partial charge on any atom is 0.0587 e. The number of hydrogen-bond acceptors (Lipinski definition) is 2. The zero-order valence-electron chi connectivity index (χ0n) is 37.2. The summed E-state index contributed by atoms with van der Waals surface area (Å²) in [5.74, 6) is 3.04. The van der Waals surface area contributed by atoms with E-state index in [2.05, 4.69) is 200 Å². The van der Waals surface area contributed by atoms with Gasteiger partial charge in [-0.3, -0.25) is 0 Å². The second-order valence-corrected chi connectivity index (χ2v) is 21.0. The predicted octanol–water partition coefficient (Wildman–Crippen LogP) is 15.4. The molecular weight excluding hydrogens is 723 g/mol. The lowest BCUT2D eigenvalue weighted by atomic mass is 9.90. The topological polar surface area (TPSA) is 11.4 Å². The number of allylic oxidation sites excluding steroid dienone is 10. The number of benzene rings is 3. The molecular formula is C54H67N3S. The summed E-state index contributed by atoms with van der Waals surface area (Å²) in [4.78, 5) is 9.62. The van der Waals surface area contributed by atoms with Crippen LogP contribution in [0.1, 0.15) is 91.5 Å². The Morgan fingerprint density at radius 1 is 0.931 bits per heavy atom. The van der Waals surface area contributed by atoms with E-state index >= 15 is 0 Å². The fourth-order valence-electron chi connectivity index (χ4n) is 9.35. The van der Waals surface area contributed by atoms with Crippen LogP contribution in [-0.2, 0) is 0 Å². The van der Waals surface area contributed by atoms with E-state index in [1.165, 1.54) is 77.3 Å². The molecule has 0 fully saturated rings. The largest absolute Gasteiger partial charge is 0.341 e. The zero-order chi connectivity index (χ0) is 41.5. The van der Waals surface area contributed by atoms with Crippen LogP contribution >= 0.6 is 10.0 Å². The first-order chi connectivity index (χ1) is 27.8. The van der Waals surface area contributed by atoms with Gasteiger partial charge in [0.2, 0.25) is 0 Å². The number of rotatable bonds is 11. The van der Waals surface area contributed by atoms with Crippen molar-refractivity contribution in [2.45, 2.75) is 100 Å². The minimum atomic E-state index is -1.71. The molecule has 0 spiro atoms. The zero-order valence-corrected chi connectivity index (χ0v) is 38.0. The fraction of sp³-hybridized carbons (Fsp3) is 0.370. The molecule has 2 heterocycles. The third-order valence-electron chi connectivity index (χ3n) is 13.6.